The summed E-state index contributed by atoms with van der Waals surface area (Å²) < 4.78 is 1.96. The van der Waals surface area contributed by atoms with E-state index in [4.69, 9.17) is 0 Å². The van der Waals surface area contributed by atoms with Gasteiger partial charge in [-0.15, -0.1) is 11.3 Å². The van der Waals surface area contributed by atoms with E-state index < -0.39 is 0 Å². The summed E-state index contributed by atoms with van der Waals surface area (Å²) in [5, 5.41) is 5.47. The van der Waals surface area contributed by atoms with Crippen LogP contribution in [0.4, 0.5) is 0 Å². The molecule has 2 aromatic heterocycles. The van der Waals surface area contributed by atoms with Crippen LogP contribution < -0.4 is 0 Å². The predicted molar refractivity (Wildman–Crippen MR) is 84.2 cm³/mol. The van der Waals surface area contributed by atoms with E-state index in [-0.39, 0.29) is 0 Å². The van der Waals surface area contributed by atoms with E-state index in [9.17, 15) is 0 Å². The molecule has 114 valence electrons. The highest BCUT2D eigenvalue weighted by Gasteiger charge is 2.21. The zero-order chi connectivity index (χ0) is 14.7. The van der Waals surface area contributed by atoms with Gasteiger partial charge in [-0.3, -0.25) is 9.58 Å². The third kappa shape index (κ3) is 3.89. The van der Waals surface area contributed by atoms with Crippen molar-refractivity contribution in [3.8, 4) is 0 Å². The van der Waals surface area contributed by atoms with Gasteiger partial charge in [-0.1, -0.05) is 13.8 Å². The molecule has 1 saturated heterocycles. The summed E-state index contributed by atoms with van der Waals surface area (Å²) in [5.74, 6) is 1.21. The molecule has 0 bridgehead atoms. The fraction of sp³-hybridized carbons (Fsp3) is 0.667. The molecule has 0 aromatic carbocycles. The Hall–Kier alpha value is -1.27. The van der Waals surface area contributed by atoms with E-state index in [1.807, 2.05) is 22.3 Å². The maximum absolute atomic E-state index is 4.53. The van der Waals surface area contributed by atoms with Gasteiger partial charge < -0.3 is 0 Å². The lowest BCUT2D eigenvalue weighted by Gasteiger charge is -2.32. The van der Waals surface area contributed by atoms with Gasteiger partial charge in [0.2, 0.25) is 0 Å². The Morgan fingerprint density at radius 1 is 1.43 bits per heavy atom. The SMILES string of the molecule is CC(C)c1ncc(CN2CCC[C@@H](Cn3cncn3)C2)s1. The second kappa shape index (κ2) is 6.66. The maximum Gasteiger partial charge on any atom is 0.137 e. The average molecular weight is 305 g/mol. The number of hydrogen-bond acceptors (Lipinski definition) is 5. The summed E-state index contributed by atoms with van der Waals surface area (Å²) in [5.41, 5.74) is 0. The molecule has 3 heterocycles. The zero-order valence-electron chi connectivity index (χ0n) is 12.8. The number of piperidine rings is 1. The van der Waals surface area contributed by atoms with Crippen molar-refractivity contribution >= 4 is 11.3 Å². The number of hydrogen-bond donors (Lipinski definition) is 0. The van der Waals surface area contributed by atoms with E-state index in [0.717, 1.165) is 19.6 Å². The molecule has 0 radical (unpaired) electrons. The standard InChI is InChI=1S/C15H23N5S/c1-12(2)15-17-6-14(21-15)9-19-5-3-4-13(7-19)8-20-11-16-10-18-20/h6,10-13H,3-5,7-9H2,1-2H3/t13-/m1/s1. The molecule has 0 amide bonds. The quantitative estimate of drug-likeness (QED) is 0.852. The minimum Gasteiger partial charge on any atom is -0.298 e. The molecule has 21 heavy (non-hydrogen) atoms. The highest BCUT2D eigenvalue weighted by atomic mass is 32.1. The summed E-state index contributed by atoms with van der Waals surface area (Å²) in [6.45, 7) is 8.78. The molecule has 0 saturated carbocycles. The van der Waals surface area contributed by atoms with Crippen LogP contribution in [0.5, 0.6) is 0 Å². The highest BCUT2D eigenvalue weighted by molar-refractivity contribution is 7.11. The normalized spacial score (nSPS) is 20.2. The van der Waals surface area contributed by atoms with Gasteiger partial charge in [0.05, 0.1) is 5.01 Å². The molecule has 6 heteroatoms. The Bertz CT molecular complexity index is 548. The van der Waals surface area contributed by atoms with Crippen molar-refractivity contribution in [3.63, 3.8) is 0 Å². The smallest absolute Gasteiger partial charge is 0.137 e. The van der Waals surface area contributed by atoms with Gasteiger partial charge in [0.25, 0.3) is 0 Å². The third-order valence-electron chi connectivity index (χ3n) is 3.96. The first kappa shape index (κ1) is 14.7. The molecule has 0 aliphatic carbocycles. The number of nitrogens with zero attached hydrogens (tertiary/aromatic N) is 5. The van der Waals surface area contributed by atoms with Crippen LogP contribution in [0.15, 0.2) is 18.9 Å². The molecule has 1 aliphatic rings. The van der Waals surface area contributed by atoms with Crippen molar-refractivity contribution in [1.82, 2.24) is 24.6 Å². The Kier molecular flexibility index (Phi) is 4.65. The molecular formula is C15H23N5S. The van der Waals surface area contributed by atoms with Crippen LogP contribution in [0.25, 0.3) is 0 Å². The lowest BCUT2D eigenvalue weighted by Crippen LogP contribution is -2.36. The minimum atomic E-state index is 0.533. The number of rotatable bonds is 5. The molecular weight excluding hydrogens is 282 g/mol. The number of aromatic nitrogens is 4. The Morgan fingerprint density at radius 3 is 3.05 bits per heavy atom. The molecule has 3 rings (SSSR count). The first-order valence-corrected chi connectivity index (χ1v) is 8.51. The number of thiazole rings is 1. The molecule has 0 N–H and O–H groups in total. The first-order chi connectivity index (χ1) is 10.2. The Balaban J connectivity index is 1.55. The molecule has 0 unspecified atom stereocenters. The van der Waals surface area contributed by atoms with Crippen molar-refractivity contribution < 1.29 is 0 Å². The van der Waals surface area contributed by atoms with Crippen LogP contribution >= 0.6 is 11.3 Å². The maximum atomic E-state index is 4.53. The summed E-state index contributed by atoms with van der Waals surface area (Å²) in [4.78, 5) is 12.5. The first-order valence-electron chi connectivity index (χ1n) is 7.70. The summed E-state index contributed by atoms with van der Waals surface area (Å²) in [6, 6.07) is 0. The molecule has 1 fully saturated rings. The third-order valence-corrected chi connectivity index (χ3v) is 5.24. The van der Waals surface area contributed by atoms with Crippen LogP contribution in [0.1, 0.15) is 42.5 Å². The lowest BCUT2D eigenvalue weighted by molar-refractivity contribution is 0.154. The predicted octanol–water partition coefficient (Wildman–Crippen LogP) is 2.77. The fourth-order valence-corrected chi connectivity index (χ4v) is 3.88. The summed E-state index contributed by atoms with van der Waals surface area (Å²) >= 11 is 1.86. The van der Waals surface area contributed by atoms with E-state index in [1.54, 1.807) is 6.33 Å². The topological polar surface area (TPSA) is 46.8 Å². The van der Waals surface area contributed by atoms with Crippen molar-refractivity contribution in [2.24, 2.45) is 5.92 Å². The van der Waals surface area contributed by atoms with E-state index >= 15 is 0 Å². The van der Waals surface area contributed by atoms with Gasteiger partial charge in [0.1, 0.15) is 12.7 Å². The van der Waals surface area contributed by atoms with Crippen LogP contribution in [0.2, 0.25) is 0 Å². The van der Waals surface area contributed by atoms with Gasteiger partial charge in [-0.25, -0.2) is 9.97 Å². The summed E-state index contributed by atoms with van der Waals surface area (Å²) in [7, 11) is 0. The van der Waals surface area contributed by atoms with Crippen LogP contribution in [0, 0.1) is 5.92 Å². The second-order valence-electron chi connectivity index (χ2n) is 6.18. The van der Waals surface area contributed by atoms with E-state index in [1.165, 1.54) is 29.3 Å². The minimum absolute atomic E-state index is 0.533. The largest absolute Gasteiger partial charge is 0.298 e. The van der Waals surface area contributed by atoms with Crippen molar-refractivity contribution in [3.05, 3.63) is 28.7 Å². The highest BCUT2D eigenvalue weighted by Crippen LogP contribution is 2.25. The summed E-state index contributed by atoms with van der Waals surface area (Å²) in [6.07, 6.45) is 8.05. The van der Waals surface area contributed by atoms with Crippen LogP contribution in [-0.2, 0) is 13.1 Å². The fourth-order valence-electron chi connectivity index (χ4n) is 2.92. The monoisotopic (exact) mass is 305 g/mol. The molecule has 1 aliphatic heterocycles. The molecule has 0 spiro atoms. The molecule has 1 atom stereocenters. The average Bonchev–Trinajstić information content (AvgIpc) is 3.11. The second-order valence-corrected chi connectivity index (χ2v) is 7.33. The lowest BCUT2D eigenvalue weighted by atomic mass is 9.98. The Labute approximate surface area is 130 Å². The van der Waals surface area contributed by atoms with Gasteiger partial charge in [-0.05, 0) is 25.3 Å². The van der Waals surface area contributed by atoms with Crippen molar-refractivity contribution in [2.75, 3.05) is 13.1 Å². The zero-order valence-corrected chi connectivity index (χ0v) is 13.6. The van der Waals surface area contributed by atoms with Crippen molar-refractivity contribution in [1.29, 1.82) is 0 Å². The van der Waals surface area contributed by atoms with Gasteiger partial charge in [0, 0.05) is 36.6 Å². The van der Waals surface area contributed by atoms with Gasteiger partial charge in [-0.2, -0.15) is 5.10 Å². The number of likely N-dealkylation sites (tertiary alicyclic amines) is 1. The van der Waals surface area contributed by atoms with E-state index in [0.29, 0.717) is 11.8 Å². The molecule has 2 aromatic rings. The van der Waals surface area contributed by atoms with Crippen LogP contribution in [-0.4, -0.2) is 37.7 Å². The van der Waals surface area contributed by atoms with Crippen LogP contribution in [0.3, 0.4) is 0 Å². The van der Waals surface area contributed by atoms with Gasteiger partial charge >= 0.3 is 0 Å². The van der Waals surface area contributed by atoms with Crippen molar-refractivity contribution in [2.45, 2.75) is 45.7 Å². The van der Waals surface area contributed by atoms with E-state index in [2.05, 4.69) is 40.0 Å². The Morgan fingerprint density at radius 2 is 2.33 bits per heavy atom. The van der Waals surface area contributed by atoms with Gasteiger partial charge in [0.15, 0.2) is 0 Å². The molecule has 5 nitrogen and oxygen atoms in total.